The van der Waals surface area contributed by atoms with Gasteiger partial charge in [0.1, 0.15) is 5.73 Å². The maximum atomic E-state index is 14.9. The Labute approximate surface area is 150 Å². The van der Waals surface area contributed by atoms with Crippen molar-refractivity contribution in [2.24, 2.45) is 0 Å². The molecule has 0 saturated carbocycles. The van der Waals surface area contributed by atoms with Gasteiger partial charge in [0.25, 0.3) is 12.3 Å². The van der Waals surface area contributed by atoms with Crippen molar-refractivity contribution >= 4 is 12.7 Å². The number of hydrogen-bond acceptors (Lipinski definition) is 2. The first-order valence-electron chi connectivity index (χ1n) is 8.19. The summed E-state index contributed by atoms with van der Waals surface area (Å²) in [5, 5.41) is 0. The molecule has 2 rings (SSSR count). The molecule has 144 valence electrons. The van der Waals surface area contributed by atoms with E-state index >= 15 is 0 Å². The highest BCUT2D eigenvalue weighted by atomic mass is 19.3. The van der Waals surface area contributed by atoms with Crippen molar-refractivity contribution in [1.82, 2.24) is 0 Å². The molecule has 1 fully saturated rings. The molecule has 1 heterocycles. The van der Waals surface area contributed by atoms with Crippen LogP contribution >= 0.6 is 0 Å². The molecule has 1 aromatic carbocycles. The van der Waals surface area contributed by atoms with Crippen molar-refractivity contribution in [3.63, 3.8) is 0 Å². The zero-order valence-corrected chi connectivity index (χ0v) is 15.6. The van der Waals surface area contributed by atoms with Crippen molar-refractivity contribution in [2.75, 3.05) is 0 Å². The lowest BCUT2D eigenvalue weighted by molar-refractivity contribution is 0.00578. The van der Waals surface area contributed by atoms with Gasteiger partial charge in [-0.2, -0.15) is 0 Å². The van der Waals surface area contributed by atoms with Crippen LogP contribution in [0, 0.1) is 0 Å². The SMILES string of the molecule is CC(=C(F)B1OC(C)(C)C(C)(C)O1)c1cc(C(F)F)cc(C(C)(F)F)c1. The molecule has 1 aliphatic rings. The molecule has 1 aromatic rings. The summed E-state index contributed by atoms with van der Waals surface area (Å²) in [5.74, 6) is -3.33. The van der Waals surface area contributed by atoms with Gasteiger partial charge < -0.3 is 9.31 Å². The topological polar surface area (TPSA) is 18.5 Å². The molecule has 0 atom stereocenters. The first-order chi connectivity index (χ1) is 11.7. The quantitative estimate of drug-likeness (QED) is 0.469. The fourth-order valence-corrected chi connectivity index (χ4v) is 2.51. The molecule has 0 amide bonds. The highest BCUT2D eigenvalue weighted by molar-refractivity contribution is 6.55. The van der Waals surface area contributed by atoms with Gasteiger partial charge in [-0.3, -0.25) is 0 Å². The second-order valence-corrected chi connectivity index (χ2v) is 7.59. The van der Waals surface area contributed by atoms with Crippen molar-refractivity contribution in [3.05, 3.63) is 40.6 Å². The molecule has 1 aliphatic heterocycles. The lowest BCUT2D eigenvalue weighted by atomic mass is 9.82. The van der Waals surface area contributed by atoms with E-state index in [-0.39, 0.29) is 11.1 Å². The Bertz CT molecular complexity index is 707. The monoisotopic (exact) mass is 376 g/mol. The van der Waals surface area contributed by atoms with Crippen LogP contribution in [0.25, 0.3) is 5.57 Å². The second-order valence-electron chi connectivity index (χ2n) is 7.59. The van der Waals surface area contributed by atoms with Crippen molar-refractivity contribution < 1.29 is 31.3 Å². The fraction of sp³-hybridized carbons (Fsp3) is 0.556. The summed E-state index contributed by atoms with van der Waals surface area (Å²) in [6, 6.07) is 2.74. The number of allylic oxidation sites excluding steroid dienone is 1. The molecule has 0 N–H and O–H groups in total. The second kappa shape index (κ2) is 6.64. The first kappa shape index (κ1) is 20.9. The van der Waals surface area contributed by atoms with Gasteiger partial charge >= 0.3 is 7.12 Å². The predicted octanol–water partition coefficient (Wildman–Crippen LogP) is 6.07. The molecule has 0 aromatic heterocycles. The minimum atomic E-state index is -3.33. The molecule has 26 heavy (non-hydrogen) atoms. The lowest BCUT2D eigenvalue weighted by Crippen LogP contribution is -2.41. The highest BCUT2D eigenvalue weighted by Crippen LogP contribution is 2.41. The smallest absolute Gasteiger partial charge is 0.398 e. The van der Waals surface area contributed by atoms with Crippen LogP contribution < -0.4 is 0 Å². The molecule has 8 heteroatoms. The summed E-state index contributed by atoms with van der Waals surface area (Å²) in [6.07, 6.45) is -2.95. The molecule has 1 saturated heterocycles. The van der Waals surface area contributed by atoms with Crippen LogP contribution in [0.5, 0.6) is 0 Å². The summed E-state index contributed by atoms with van der Waals surface area (Å²) in [5.41, 5.74) is -3.77. The molecule has 0 unspecified atom stereocenters. The molecule has 0 aliphatic carbocycles. The Morgan fingerprint density at radius 2 is 1.54 bits per heavy atom. The van der Waals surface area contributed by atoms with Crippen molar-refractivity contribution in [2.45, 2.75) is 65.1 Å². The van der Waals surface area contributed by atoms with E-state index in [0.717, 1.165) is 18.2 Å². The predicted molar refractivity (Wildman–Crippen MR) is 90.8 cm³/mol. The van der Waals surface area contributed by atoms with Gasteiger partial charge in [-0.05, 0) is 64.0 Å². The average Bonchev–Trinajstić information content (AvgIpc) is 2.72. The fourth-order valence-electron chi connectivity index (χ4n) is 2.51. The first-order valence-corrected chi connectivity index (χ1v) is 8.19. The third-order valence-electron chi connectivity index (χ3n) is 4.97. The number of halogens is 5. The third-order valence-corrected chi connectivity index (χ3v) is 4.97. The van der Waals surface area contributed by atoms with E-state index in [1.54, 1.807) is 27.7 Å². The maximum absolute atomic E-state index is 14.9. The van der Waals surface area contributed by atoms with E-state index in [1.165, 1.54) is 6.92 Å². The summed E-state index contributed by atoms with van der Waals surface area (Å²) in [4.78, 5) is 0. The van der Waals surface area contributed by atoms with E-state index in [2.05, 4.69) is 0 Å². The zero-order chi connectivity index (χ0) is 20.1. The van der Waals surface area contributed by atoms with E-state index in [1.807, 2.05) is 0 Å². The van der Waals surface area contributed by atoms with Crippen LogP contribution in [0.1, 0.15) is 64.7 Å². The molecule has 0 radical (unpaired) electrons. The van der Waals surface area contributed by atoms with Crippen LogP contribution in [0.3, 0.4) is 0 Å². The summed E-state index contributed by atoms with van der Waals surface area (Å²) in [7, 11) is -1.33. The molecule has 2 nitrogen and oxygen atoms in total. The summed E-state index contributed by atoms with van der Waals surface area (Å²) in [6.45, 7) is 8.88. The summed E-state index contributed by atoms with van der Waals surface area (Å²) >= 11 is 0. The number of alkyl halides is 4. The number of hydrogen-bond donors (Lipinski definition) is 0. The number of rotatable bonds is 4. The minimum Gasteiger partial charge on any atom is -0.398 e. The van der Waals surface area contributed by atoms with E-state index in [4.69, 9.17) is 9.31 Å². The van der Waals surface area contributed by atoms with Crippen LogP contribution in [0.2, 0.25) is 0 Å². The Balaban J connectivity index is 2.50. The van der Waals surface area contributed by atoms with Crippen LogP contribution in [-0.4, -0.2) is 18.3 Å². The van der Waals surface area contributed by atoms with Gasteiger partial charge in [0, 0.05) is 18.1 Å². The molecule has 0 bridgehead atoms. The molecular formula is C18H22BF5O2. The Morgan fingerprint density at radius 1 is 1.04 bits per heavy atom. The van der Waals surface area contributed by atoms with E-state index in [9.17, 15) is 22.0 Å². The van der Waals surface area contributed by atoms with Gasteiger partial charge in [-0.1, -0.05) is 0 Å². The van der Waals surface area contributed by atoms with Crippen LogP contribution in [-0.2, 0) is 15.2 Å². The van der Waals surface area contributed by atoms with Crippen LogP contribution in [0.4, 0.5) is 22.0 Å². The van der Waals surface area contributed by atoms with Gasteiger partial charge in [0.15, 0.2) is 0 Å². The van der Waals surface area contributed by atoms with Crippen molar-refractivity contribution in [1.29, 1.82) is 0 Å². The lowest BCUT2D eigenvalue weighted by Gasteiger charge is -2.32. The molecular weight excluding hydrogens is 354 g/mol. The van der Waals surface area contributed by atoms with Gasteiger partial charge in [0.05, 0.1) is 11.2 Å². The largest absolute Gasteiger partial charge is 0.525 e. The zero-order valence-electron chi connectivity index (χ0n) is 15.6. The Morgan fingerprint density at radius 3 is 1.96 bits per heavy atom. The Hall–Kier alpha value is -1.41. The van der Waals surface area contributed by atoms with Gasteiger partial charge in [0.2, 0.25) is 0 Å². The molecule has 0 spiro atoms. The van der Waals surface area contributed by atoms with E-state index < -0.39 is 47.5 Å². The van der Waals surface area contributed by atoms with Gasteiger partial charge in [-0.15, -0.1) is 0 Å². The normalized spacial score (nSPS) is 20.5. The summed E-state index contributed by atoms with van der Waals surface area (Å²) < 4.78 is 79.5. The highest BCUT2D eigenvalue weighted by Gasteiger charge is 2.53. The minimum absolute atomic E-state index is 0.0634. The average molecular weight is 376 g/mol. The van der Waals surface area contributed by atoms with Gasteiger partial charge in [-0.25, -0.2) is 22.0 Å². The standard InChI is InChI=1S/C18H22BF5O2/c1-10(14(20)19-25-16(2,3)17(4,5)26-19)11-7-12(15(21)22)9-13(8-11)18(6,23)24/h7-9,15H,1-6H3. The number of benzene rings is 1. The third kappa shape index (κ3) is 3.96. The maximum Gasteiger partial charge on any atom is 0.525 e. The Kier molecular flexibility index (Phi) is 5.34. The van der Waals surface area contributed by atoms with E-state index in [0.29, 0.717) is 6.92 Å². The van der Waals surface area contributed by atoms with Crippen molar-refractivity contribution in [3.8, 4) is 0 Å². The van der Waals surface area contributed by atoms with Crippen LogP contribution in [0.15, 0.2) is 23.9 Å².